The molecule has 2 saturated carbocycles. The summed E-state index contributed by atoms with van der Waals surface area (Å²) in [7, 11) is 0. The monoisotopic (exact) mass is 486 g/mol. The standard InChI is InChI=1S/C16H16Br2N4O4/c17-11-6-10(16(26)22-20-14(24)8-3-4-8)12(18)5-9(11)15(25)21-19-13(23)7-1-2-7/h5-8H,1-4H2,(H,19,23)(H,20,24)(H,21,25)(H,22,26). The average molecular weight is 488 g/mol. The minimum absolute atomic E-state index is 0.0256. The molecule has 0 atom stereocenters. The number of hydrogen-bond donors (Lipinski definition) is 4. The third-order valence-corrected chi connectivity index (χ3v) is 5.35. The number of nitrogens with one attached hydrogen (secondary N) is 4. The zero-order valence-electron chi connectivity index (χ0n) is 13.5. The van der Waals surface area contributed by atoms with E-state index in [1.54, 1.807) is 0 Å². The minimum atomic E-state index is -0.513. The van der Waals surface area contributed by atoms with Crippen LogP contribution in [0.25, 0.3) is 0 Å². The molecule has 138 valence electrons. The van der Waals surface area contributed by atoms with E-state index in [1.165, 1.54) is 12.1 Å². The Balaban J connectivity index is 1.62. The van der Waals surface area contributed by atoms with Crippen molar-refractivity contribution in [2.75, 3.05) is 0 Å². The van der Waals surface area contributed by atoms with Crippen molar-refractivity contribution in [3.8, 4) is 0 Å². The lowest BCUT2D eigenvalue weighted by atomic mass is 10.1. The van der Waals surface area contributed by atoms with Gasteiger partial charge in [-0.05, 0) is 69.7 Å². The Labute approximate surface area is 166 Å². The average Bonchev–Trinajstić information content (AvgIpc) is 3.49. The lowest BCUT2D eigenvalue weighted by Crippen LogP contribution is -2.43. The van der Waals surface area contributed by atoms with Crippen molar-refractivity contribution in [2.24, 2.45) is 11.8 Å². The summed E-state index contributed by atoms with van der Waals surface area (Å²) in [5, 5.41) is 0. The molecule has 1 aromatic rings. The fourth-order valence-corrected chi connectivity index (χ4v) is 3.21. The first-order valence-electron chi connectivity index (χ1n) is 8.06. The Morgan fingerprint density at radius 2 is 1.04 bits per heavy atom. The largest absolute Gasteiger partial charge is 0.273 e. The molecule has 2 aliphatic carbocycles. The van der Waals surface area contributed by atoms with Gasteiger partial charge >= 0.3 is 0 Å². The zero-order valence-corrected chi connectivity index (χ0v) is 16.7. The van der Waals surface area contributed by atoms with Gasteiger partial charge in [0, 0.05) is 20.8 Å². The number of halogens is 2. The second-order valence-electron chi connectivity index (χ2n) is 6.25. The van der Waals surface area contributed by atoms with Crippen molar-refractivity contribution in [2.45, 2.75) is 25.7 Å². The second kappa shape index (κ2) is 7.75. The lowest BCUT2D eigenvalue weighted by Gasteiger charge is -2.12. The van der Waals surface area contributed by atoms with Crippen molar-refractivity contribution >= 4 is 55.5 Å². The van der Waals surface area contributed by atoms with Gasteiger partial charge in [-0.3, -0.25) is 40.9 Å². The highest BCUT2D eigenvalue weighted by Gasteiger charge is 2.31. The molecule has 0 aliphatic heterocycles. The molecule has 0 bridgehead atoms. The van der Waals surface area contributed by atoms with Crippen molar-refractivity contribution in [3.63, 3.8) is 0 Å². The van der Waals surface area contributed by atoms with Crippen LogP contribution in [-0.2, 0) is 9.59 Å². The maximum absolute atomic E-state index is 12.2. The van der Waals surface area contributed by atoms with E-state index in [9.17, 15) is 19.2 Å². The first kappa shape index (κ1) is 18.8. The van der Waals surface area contributed by atoms with Crippen LogP contribution in [0.5, 0.6) is 0 Å². The Bertz CT molecular complexity index is 725. The molecule has 0 saturated heterocycles. The van der Waals surface area contributed by atoms with Crippen LogP contribution < -0.4 is 21.7 Å². The molecule has 4 N–H and O–H groups in total. The van der Waals surface area contributed by atoms with E-state index in [4.69, 9.17) is 0 Å². The summed E-state index contributed by atoms with van der Waals surface area (Å²) in [6.07, 6.45) is 3.33. The summed E-state index contributed by atoms with van der Waals surface area (Å²) in [6, 6.07) is 2.92. The molecular weight excluding hydrogens is 472 g/mol. The van der Waals surface area contributed by atoms with Gasteiger partial charge in [-0.25, -0.2) is 0 Å². The van der Waals surface area contributed by atoms with E-state index in [2.05, 4.69) is 53.6 Å². The van der Waals surface area contributed by atoms with Crippen LogP contribution in [-0.4, -0.2) is 23.6 Å². The number of amides is 4. The predicted molar refractivity (Wildman–Crippen MR) is 98.5 cm³/mol. The highest BCUT2D eigenvalue weighted by atomic mass is 79.9. The van der Waals surface area contributed by atoms with Crippen LogP contribution in [0.1, 0.15) is 46.4 Å². The number of benzene rings is 1. The first-order chi connectivity index (χ1) is 12.4. The van der Waals surface area contributed by atoms with Crippen LogP contribution in [0.2, 0.25) is 0 Å². The number of rotatable bonds is 4. The van der Waals surface area contributed by atoms with E-state index in [-0.39, 0.29) is 34.8 Å². The fraction of sp³-hybridized carbons (Fsp3) is 0.375. The molecule has 0 spiro atoms. The third kappa shape index (κ3) is 4.61. The highest BCUT2D eigenvalue weighted by molar-refractivity contribution is 9.11. The molecule has 0 aromatic heterocycles. The van der Waals surface area contributed by atoms with Gasteiger partial charge < -0.3 is 0 Å². The summed E-state index contributed by atoms with van der Waals surface area (Å²) in [4.78, 5) is 47.6. The summed E-state index contributed by atoms with van der Waals surface area (Å²) in [5.74, 6) is -1.50. The van der Waals surface area contributed by atoms with E-state index in [0.29, 0.717) is 8.95 Å². The molecule has 26 heavy (non-hydrogen) atoms. The Hall–Kier alpha value is -1.94. The molecule has 0 radical (unpaired) electrons. The second-order valence-corrected chi connectivity index (χ2v) is 7.96. The highest BCUT2D eigenvalue weighted by Crippen LogP contribution is 2.29. The molecule has 2 fully saturated rings. The molecule has 1 aromatic carbocycles. The first-order valence-corrected chi connectivity index (χ1v) is 9.65. The van der Waals surface area contributed by atoms with Crippen molar-refractivity contribution in [3.05, 3.63) is 32.2 Å². The smallest absolute Gasteiger partial charge is 0.270 e. The van der Waals surface area contributed by atoms with Gasteiger partial charge in [-0.1, -0.05) is 0 Å². The van der Waals surface area contributed by atoms with E-state index >= 15 is 0 Å². The molecule has 0 unspecified atom stereocenters. The van der Waals surface area contributed by atoms with Gasteiger partial charge in [0.15, 0.2) is 0 Å². The van der Waals surface area contributed by atoms with Crippen LogP contribution in [0.15, 0.2) is 21.1 Å². The number of hydrazine groups is 2. The maximum atomic E-state index is 12.2. The Kier molecular flexibility index (Phi) is 5.61. The zero-order chi connectivity index (χ0) is 18.8. The molecule has 0 heterocycles. The van der Waals surface area contributed by atoms with Gasteiger partial charge in [0.1, 0.15) is 0 Å². The molecule has 10 heteroatoms. The van der Waals surface area contributed by atoms with Crippen LogP contribution in [0, 0.1) is 11.8 Å². The molecule has 2 aliphatic rings. The summed E-state index contributed by atoms with van der Waals surface area (Å²) in [6.45, 7) is 0. The van der Waals surface area contributed by atoms with Crippen molar-refractivity contribution < 1.29 is 19.2 Å². The lowest BCUT2D eigenvalue weighted by molar-refractivity contribution is -0.123. The SMILES string of the molecule is O=C(NNC(=O)C1CC1)c1cc(Br)c(C(=O)NNC(=O)C2CC2)cc1Br. The van der Waals surface area contributed by atoms with Crippen LogP contribution in [0.3, 0.4) is 0 Å². The predicted octanol–water partition coefficient (Wildman–Crippen LogP) is 1.55. The van der Waals surface area contributed by atoms with Crippen molar-refractivity contribution in [1.29, 1.82) is 0 Å². The topological polar surface area (TPSA) is 116 Å². The minimum Gasteiger partial charge on any atom is -0.273 e. The Morgan fingerprint density at radius 1 is 0.692 bits per heavy atom. The van der Waals surface area contributed by atoms with E-state index < -0.39 is 11.8 Å². The molecule has 8 nitrogen and oxygen atoms in total. The third-order valence-electron chi connectivity index (χ3n) is 4.04. The summed E-state index contributed by atoms with van der Waals surface area (Å²) < 4.78 is 0.745. The van der Waals surface area contributed by atoms with Gasteiger partial charge in [0.05, 0.1) is 11.1 Å². The molecular formula is C16H16Br2N4O4. The van der Waals surface area contributed by atoms with Gasteiger partial charge in [-0.15, -0.1) is 0 Å². The van der Waals surface area contributed by atoms with Crippen LogP contribution in [0.4, 0.5) is 0 Å². The fourth-order valence-electron chi connectivity index (χ4n) is 2.16. The van der Waals surface area contributed by atoms with E-state index in [0.717, 1.165) is 25.7 Å². The molecule has 4 amide bonds. The van der Waals surface area contributed by atoms with E-state index in [1.807, 2.05) is 0 Å². The van der Waals surface area contributed by atoms with Crippen LogP contribution >= 0.6 is 31.9 Å². The van der Waals surface area contributed by atoms with Gasteiger partial charge in [0.25, 0.3) is 11.8 Å². The number of hydrogen-bond acceptors (Lipinski definition) is 4. The van der Waals surface area contributed by atoms with Gasteiger partial charge in [0.2, 0.25) is 11.8 Å². The quantitative estimate of drug-likeness (QED) is 0.482. The molecule has 3 rings (SSSR count). The Morgan fingerprint density at radius 3 is 1.35 bits per heavy atom. The van der Waals surface area contributed by atoms with Crippen molar-refractivity contribution in [1.82, 2.24) is 21.7 Å². The number of carbonyl (C=O) groups excluding carboxylic acids is 4. The summed E-state index contributed by atoms with van der Waals surface area (Å²) in [5.41, 5.74) is 9.93. The van der Waals surface area contributed by atoms with Gasteiger partial charge in [-0.2, -0.15) is 0 Å². The summed E-state index contributed by atoms with van der Waals surface area (Å²) >= 11 is 6.50. The maximum Gasteiger partial charge on any atom is 0.270 e. The number of carbonyl (C=O) groups is 4. The normalized spacial score (nSPS) is 15.8.